The summed E-state index contributed by atoms with van der Waals surface area (Å²) in [7, 11) is 0. The van der Waals surface area contributed by atoms with Crippen LogP contribution < -0.4 is 4.90 Å². The van der Waals surface area contributed by atoms with E-state index in [9.17, 15) is 32.5 Å². The van der Waals surface area contributed by atoms with Crippen LogP contribution in [-0.2, 0) is 6.18 Å². The van der Waals surface area contributed by atoms with Crippen LogP contribution in [0.25, 0.3) is 5.69 Å². The molecule has 0 unspecified atom stereocenters. The van der Waals surface area contributed by atoms with Gasteiger partial charge in [0.2, 0.25) is 0 Å². The number of anilines is 1. The molecule has 0 atom stereocenters. The topological polar surface area (TPSA) is 84.5 Å². The summed E-state index contributed by atoms with van der Waals surface area (Å²) in [6.07, 6.45) is -4.69. The van der Waals surface area contributed by atoms with Crippen LogP contribution in [0.5, 0.6) is 0 Å². The maximum Gasteiger partial charge on any atom is 0.416 e. The molecular weight excluding hydrogens is 470 g/mol. The SMILES string of the molecule is Cc1nn(-c2ccc(F)cc2)c(C)c1C(=O)N1CCN(c2ccc(C(F)(F)F)cc2[N+](=O)[O-])CC1. The Labute approximate surface area is 197 Å². The minimum atomic E-state index is -4.69. The molecule has 0 radical (unpaired) electrons. The predicted molar refractivity (Wildman–Crippen MR) is 119 cm³/mol. The molecule has 0 bridgehead atoms. The van der Waals surface area contributed by atoms with Gasteiger partial charge < -0.3 is 9.80 Å². The van der Waals surface area contributed by atoms with Crippen LogP contribution in [0.3, 0.4) is 0 Å². The fraction of sp³-hybridized carbons (Fsp3) is 0.304. The first-order chi connectivity index (χ1) is 16.5. The number of hydrogen-bond acceptors (Lipinski definition) is 5. The molecular formula is C23H21F4N5O3. The second-order valence-electron chi connectivity index (χ2n) is 8.17. The van der Waals surface area contributed by atoms with Crippen LogP contribution in [0.4, 0.5) is 28.9 Å². The molecule has 3 aromatic rings. The average molecular weight is 491 g/mol. The highest BCUT2D eigenvalue weighted by molar-refractivity contribution is 5.96. The molecule has 12 heteroatoms. The standard InChI is InChI=1S/C23H21F4N5O3/c1-14-21(15(2)31(28-14)18-6-4-17(24)5-7-18)22(33)30-11-9-29(10-12-30)19-8-3-16(23(25,26)27)13-20(19)32(34)35/h3-8,13H,9-12H2,1-2H3. The molecule has 0 N–H and O–H groups in total. The lowest BCUT2D eigenvalue weighted by atomic mass is 10.1. The number of nitro groups is 1. The summed E-state index contributed by atoms with van der Waals surface area (Å²) in [6.45, 7) is 4.29. The first-order valence-corrected chi connectivity index (χ1v) is 10.7. The van der Waals surface area contributed by atoms with Crippen LogP contribution in [0, 0.1) is 29.8 Å². The van der Waals surface area contributed by atoms with Crippen LogP contribution in [0.15, 0.2) is 42.5 Å². The largest absolute Gasteiger partial charge is 0.416 e. The monoisotopic (exact) mass is 491 g/mol. The molecule has 8 nitrogen and oxygen atoms in total. The van der Waals surface area contributed by atoms with Gasteiger partial charge in [-0.25, -0.2) is 9.07 Å². The molecule has 4 rings (SSSR count). The Hall–Kier alpha value is -3.96. The Kier molecular flexibility index (Phi) is 6.22. The molecule has 0 aliphatic carbocycles. The van der Waals surface area contributed by atoms with Gasteiger partial charge in [-0.05, 0) is 50.2 Å². The first kappa shape index (κ1) is 24.2. The zero-order valence-corrected chi connectivity index (χ0v) is 18.8. The van der Waals surface area contributed by atoms with Crippen molar-refractivity contribution in [1.82, 2.24) is 14.7 Å². The van der Waals surface area contributed by atoms with Gasteiger partial charge in [0.25, 0.3) is 11.6 Å². The van der Waals surface area contributed by atoms with Gasteiger partial charge in [0, 0.05) is 32.2 Å². The Bertz CT molecular complexity index is 1280. The molecule has 184 valence electrons. The normalized spacial score (nSPS) is 14.3. The summed E-state index contributed by atoms with van der Waals surface area (Å²) in [5.74, 6) is -0.660. The van der Waals surface area contributed by atoms with E-state index in [-0.39, 0.29) is 37.8 Å². The minimum absolute atomic E-state index is 0.0755. The average Bonchev–Trinajstić information content (AvgIpc) is 3.12. The highest BCUT2D eigenvalue weighted by Crippen LogP contribution is 2.37. The molecule has 1 saturated heterocycles. The number of hydrogen-bond donors (Lipinski definition) is 0. The van der Waals surface area contributed by atoms with E-state index in [1.165, 1.54) is 12.1 Å². The number of rotatable bonds is 4. The Morgan fingerprint density at radius 2 is 1.66 bits per heavy atom. The summed E-state index contributed by atoms with van der Waals surface area (Å²) in [5.41, 5.74) is 0.440. The Balaban J connectivity index is 1.52. The van der Waals surface area contributed by atoms with E-state index >= 15 is 0 Å². The van der Waals surface area contributed by atoms with Crippen LogP contribution in [0.2, 0.25) is 0 Å². The van der Waals surface area contributed by atoms with Crippen molar-refractivity contribution in [2.75, 3.05) is 31.1 Å². The van der Waals surface area contributed by atoms with E-state index in [1.54, 1.807) is 40.5 Å². The molecule has 1 fully saturated rings. The summed E-state index contributed by atoms with van der Waals surface area (Å²) >= 11 is 0. The maximum atomic E-state index is 13.3. The number of aryl methyl sites for hydroxylation is 1. The summed E-state index contributed by atoms with van der Waals surface area (Å²) < 4.78 is 53.8. The van der Waals surface area contributed by atoms with Crippen molar-refractivity contribution >= 4 is 17.3 Å². The third-order valence-corrected chi connectivity index (χ3v) is 5.98. The number of nitro benzene ring substituents is 1. The molecule has 0 saturated carbocycles. The van der Waals surface area contributed by atoms with E-state index in [4.69, 9.17) is 0 Å². The van der Waals surface area contributed by atoms with Gasteiger partial charge in [0.15, 0.2) is 0 Å². The Morgan fingerprint density at radius 3 is 2.23 bits per heavy atom. The number of carbonyl (C=O) groups excluding carboxylic acids is 1. The zero-order valence-electron chi connectivity index (χ0n) is 18.8. The third-order valence-electron chi connectivity index (χ3n) is 5.98. The quantitative estimate of drug-likeness (QED) is 0.305. The number of amides is 1. The second kappa shape index (κ2) is 9.01. The number of aromatic nitrogens is 2. The van der Waals surface area contributed by atoms with E-state index in [0.717, 1.165) is 12.1 Å². The smallest absolute Gasteiger partial charge is 0.362 e. The fourth-order valence-electron chi connectivity index (χ4n) is 4.21. The lowest BCUT2D eigenvalue weighted by Crippen LogP contribution is -2.49. The number of halogens is 4. The summed E-state index contributed by atoms with van der Waals surface area (Å²) in [6, 6.07) is 8.15. The van der Waals surface area contributed by atoms with Crippen molar-refractivity contribution in [3.05, 3.63) is 80.9 Å². The third kappa shape index (κ3) is 4.68. The van der Waals surface area contributed by atoms with Gasteiger partial charge in [-0.15, -0.1) is 0 Å². The van der Waals surface area contributed by atoms with Gasteiger partial charge in [0.1, 0.15) is 11.5 Å². The lowest BCUT2D eigenvalue weighted by Gasteiger charge is -2.36. The number of piperazine rings is 1. The first-order valence-electron chi connectivity index (χ1n) is 10.7. The highest BCUT2D eigenvalue weighted by atomic mass is 19.4. The minimum Gasteiger partial charge on any atom is -0.362 e. The van der Waals surface area contributed by atoms with Crippen molar-refractivity contribution in [2.24, 2.45) is 0 Å². The van der Waals surface area contributed by atoms with Gasteiger partial charge in [-0.3, -0.25) is 14.9 Å². The molecule has 1 aliphatic heterocycles. The molecule has 35 heavy (non-hydrogen) atoms. The lowest BCUT2D eigenvalue weighted by molar-refractivity contribution is -0.384. The summed E-state index contributed by atoms with van der Waals surface area (Å²) in [5, 5.41) is 15.8. The van der Waals surface area contributed by atoms with Crippen LogP contribution in [0.1, 0.15) is 27.3 Å². The van der Waals surface area contributed by atoms with Gasteiger partial charge in [0.05, 0.1) is 33.1 Å². The summed E-state index contributed by atoms with van der Waals surface area (Å²) in [4.78, 5) is 27.1. The van der Waals surface area contributed by atoms with E-state index in [1.807, 2.05) is 0 Å². The van der Waals surface area contributed by atoms with E-state index < -0.39 is 28.2 Å². The molecule has 1 aliphatic rings. The van der Waals surface area contributed by atoms with Crippen LogP contribution >= 0.6 is 0 Å². The van der Waals surface area contributed by atoms with Crippen molar-refractivity contribution in [3.63, 3.8) is 0 Å². The van der Waals surface area contributed by atoms with Crippen molar-refractivity contribution in [1.29, 1.82) is 0 Å². The maximum absolute atomic E-state index is 13.3. The molecule has 2 heterocycles. The number of nitrogens with zero attached hydrogens (tertiary/aromatic N) is 5. The van der Waals surface area contributed by atoms with E-state index in [0.29, 0.717) is 28.7 Å². The molecule has 1 amide bonds. The highest BCUT2D eigenvalue weighted by Gasteiger charge is 2.35. The van der Waals surface area contributed by atoms with Crippen molar-refractivity contribution in [2.45, 2.75) is 20.0 Å². The van der Waals surface area contributed by atoms with Crippen LogP contribution in [-0.4, -0.2) is 51.7 Å². The van der Waals surface area contributed by atoms with E-state index in [2.05, 4.69) is 5.10 Å². The molecule has 2 aromatic carbocycles. The van der Waals surface area contributed by atoms with Gasteiger partial charge >= 0.3 is 6.18 Å². The zero-order chi connectivity index (χ0) is 25.5. The number of benzene rings is 2. The molecule has 1 aromatic heterocycles. The van der Waals surface area contributed by atoms with Gasteiger partial charge in [-0.1, -0.05) is 0 Å². The second-order valence-corrected chi connectivity index (χ2v) is 8.17. The predicted octanol–water partition coefficient (Wildman–Crippen LogP) is 4.52. The number of alkyl halides is 3. The van der Waals surface area contributed by atoms with Crippen molar-refractivity contribution in [3.8, 4) is 5.69 Å². The molecule has 0 spiro atoms. The Morgan fingerprint density at radius 1 is 1.03 bits per heavy atom. The fourth-order valence-corrected chi connectivity index (χ4v) is 4.21. The van der Waals surface area contributed by atoms with Gasteiger partial charge in [-0.2, -0.15) is 18.3 Å². The number of carbonyl (C=O) groups is 1. The van der Waals surface area contributed by atoms with Crippen molar-refractivity contribution < 1.29 is 27.3 Å².